The van der Waals surface area contributed by atoms with E-state index in [-0.39, 0.29) is 15.8 Å². The van der Waals surface area contributed by atoms with E-state index >= 15 is 0 Å². The second-order valence-electron chi connectivity index (χ2n) is 6.00. The highest BCUT2D eigenvalue weighted by atomic mass is 32.2. The average Bonchev–Trinajstić information content (AvgIpc) is 2.87. The van der Waals surface area contributed by atoms with Gasteiger partial charge in [-0.1, -0.05) is 42.5 Å². The third-order valence-electron chi connectivity index (χ3n) is 4.34. The molecule has 1 aromatic heterocycles. The van der Waals surface area contributed by atoms with Crippen molar-refractivity contribution in [1.82, 2.24) is 9.29 Å². The van der Waals surface area contributed by atoms with E-state index in [1.807, 2.05) is 38.1 Å². The van der Waals surface area contributed by atoms with Gasteiger partial charge in [0.15, 0.2) is 0 Å². The quantitative estimate of drug-likeness (QED) is 0.743. The molecule has 0 amide bonds. The second-order valence-corrected chi connectivity index (χ2v) is 8.70. The van der Waals surface area contributed by atoms with Gasteiger partial charge in [-0.05, 0) is 42.7 Å². The Labute approximate surface area is 151 Å². The van der Waals surface area contributed by atoms with E-state index < -0.39 is 10.0 Å². The van der Waals surface area contributed by atoms with Crippen LogP contribution in [0, 0.1) is 6.92 Å². The summed E-state index contributed by atoms with van der Waals surface area (Å²) in [5.41, 5.74) is 2.76. The highest BCUT2D eigenvalue weighted by molar-refractivity contribution is 7.89. The van der Waals surface area contributed by atoms with Gasteiger partial charge in [0.1, 0.15) is 0 Å². The molecule has 0 spiro atoms. The minimum Gasteiger partial charge on any atom is -0.302 e. The lowest BCUT2D eigenvalue weighted by Crippen LogP contribution is -2.28. The monoisotopic (exact) mass is 376 g/mol. The van der Waals surface area contributed by atoms with Gasteiger partial charge in [-0.15, -0.1) is 0 Å². The highest BCUT2D eigenvalue weighted by Crippen LogP contribution is 2.25. The number of nitrogens with zero attached hydrogens (tertiary/aromatic N) is 1. The molecule has 0 saturated carbocycles. The normalized spacial score (nSPS) is 13.2. The number of nitrogens with one attached hydrogen (secondary N) is 1. The van der Waals surface area contributed by atoms with Crippen molar-refractivity contribution in [1.29, 1.82) is 0 Å². The molecule has 1 heterocycles. The maximum atomic E-state index is 12.8. The first-order chi connectivity index (χ1) is 11.8. The van der Waals surface area contributed by atoms with E-state index in [4.69, 9.17) is 0 Å². The zero-order valence-corrected chi connectivity index (χ0v) is 15.9. The van der Waals surface area contributed by atoms with Crippen LogP contribution in [-0.2, 0) is 17.1 Å². The van der Waals surface area contributed by atoms with Crippen LogP contribution in [0.2, 0.25) is 0 Å². The summed E-state index contributed by atoms with van der Waals surface area (Å²) in [6, 6.07) is 12.2. The van der Waals surface area contributed by atoms with Gasteiger partial charge >= 0.3 is 4.87 Å². The molecule has 0 aliphatic carbocycles. The van der Waals surface area contributed by atoms with Gasteiger partial charge in [-0.2, -0.15) is 0 Å². The second kappa shape index (κ2) is 6.74. The third-order valence-corrected chi connectivity index (χ3v) is 6.81. The van der Waals surface area contributed by atoms with Crippen LogP contribution in [0.4, 0.5) is 0 Å². The standard InChI is InChI=1S/C18H20N2O3S2/c1-4-15(14-8-6-5-7-12(14)2)19-25(22,23)13-9-10-16-17(11-13)24-18(21)20(16)3/h5-11,15,19H,4H2,1-3H3/t15-/m1/s1. The summed E-state index contributed by atoms with van der Waals surface area (Å²) in [5, 5.41) is 0. The van der Waals surface area contributed by atoms with Gasteiger partial charge in [0.25, 0.3) is 0 Å². The Kier molecular flexibility index (Phi) is 4.81. The van der Waals surface area contributed by atoms with Crippen LogP contribution in [0.15, 0.2) is 52.2 Å². The molecule has 0 aliphatic rings. The summed E-state index contributed by atoms with van der Waals surface area (Å²) in [5.74, 6) is 0. The topological polar surface area (TPSA) is 68.2 Å². The van der Waals surface area contributed by atoms with E-state index in [9.17, 15) is 13.2 Å². The van der Waals surface area contributed by atoms with Crippen LogP contribution in [0.1, 0.15) is 30.5 Å². The Bertz CT molecular complexity index is 1080. The fourth-order valence-electron chi connectivity index (χ4n) is 2.88. The van der Waals surface area contributed by atoms with Crippen molar-refractivity contribution >= 4 is 31.6 Å². The highest BCUT2D eigenvalue weighted by Gasteiger charge is 2.22. The van der Waals surface area contributed by atoms with E-state index in [0.717, 1.165) is 28.0 Å². The number of rotatable bonds is 5. The van der Waals surface area contributed by atoms with E-state index in [1.165, 1.54) is 4.57 Å². The average molecular weight is 377 g/mol. The predicted molar refractivity (Wildman–Crippen MR) is 102 cm³/mol. The molecule has 1 N–H and O–H groups in total. The van der Waals surface area contributed by atoms with Crippen LogP contribution in [0.25, 0.3) is 10.2 Å². The predicted octanol–water partition coefficient (Wildman–Crippen LogP) is 3.34. The van der Waals surface area contributed by atoms with Crippen molar-refractivity contribution in [2.24, 2.45) is 7.05 Å². The summed E-state index contributed by atoms with van der Waals surface area (Å²) >= 11 is 1.05. The van der Waals surface area contributed by atoms with Crippen molar-refractivity contribution in [2.75, 3.05) is 0 Å². The summed E-state index contributed by atoms with van der Waals surface area (Å²) in [4.78, 5) is 11.8. The fraction of sp³-hybridized carbons (Fsp3) is 0.278. The van der Waals surface area contributed by atoms with Gasteiger partial charge in [0, 0.05) is 13.1 Å². The minimum absolute atomic E-state index is 0.108. The number of aromatic nitrogens is 1. The molecule has 3 rings (SSSR count). The van der Waals surface area contributed by atoms with E-state index in [1.54, 1.807) is 25.2 Å². The summed E-state index contributed by atoms with van der Waals surface area (Å²) < 4.78 is 30.6. The van der Waals surface area contributed by atoms with Gasteiger partial charge in [-0.25, -0.2) is 13.1 Å². The lowest BCUT2D eigenvalue weighted by molar-refractivity contribution is 0.549. The number of sulfonamides is 1. The van der Waals surface area contributed by atoms with Gasteiger partial charge in [-0.3, -0.25) is 4.79 Å². The van der Waals surface area contributed by atoms with E-state index in [2.05, 4.69) is 4.72 Å². The number of thiazole rings is 1. The van der Waals surface area contributed by atoms with Crippen molar-refractivity contribution in [3.63, 3.8) is 0 Å². The fourth-order valence-corrected chi connectivity index (χ4v) is 5.20. The smallest absolute Gasteiger partial charge is 0.302 e. The minimum atomic E-state index is -3.69. The van der Waals surface area contributed by atoms with Crippen LogP contribution in [0.3, 0.4) is 0 Å². The maximum Gasteiger partial charge on any atom is 0.307 e. The molecule has 1 atom stereocenters. The molecule has 2 aromatic carbocycles. The molecule has 25 heavy (non-hydrogen) atoms. The SMILES string of the molecule is CC[C@@H](NS(=O)(=O)c1ccc2c(c1)sc(=O)n2C)c1ccccc1C. The van der Waals surface area contributed by atoms with Gasteiger partial charge in [0.2, 0.25) is 10.0 Å². The zero-order valence-electron chi connectivity index (χ0n) is 14.3. The number of fused-ring (bicyclic) bond motifs is 1. The molecule has 7 heteroatoms. The van der Waals surface area contributed by atoms with Crippen LogP contribution in [0.5, 0.6) is 0 Å². The zero-order chi connectivity index (χ0) is 18.2. The number of benzene rings is 2. The summed E-state index contributed by atoms with van der Waals surface area (Å²) in [6.07, 6.45) is 0.644. The Hall–Kier alpha value is -1.96. The molecule has 132 valence electrons. The molecule has 5 nitrogen and oxygen atoms in total. The molecular formula is C18H20N2O3S2. The Morgan fingerprint density at radius 1 is 1.20 bits per heavy atom. The Morgan fingerprint density at radius 2 is 1.92 bits per heavy atom. The maximum absolute atomic E-state index is 12.8. The van der Waals surface area contributed by atoms with Gasteiger partial charge < -0.3 is 4.57 Å². The molecule has 0 unspecified atom stereocenters. The molecule has 0 saturated heterocycles. The number of hydrogen-bond donors (Lipinski definition) is 1. The Balaban J connectivity index is 1.98. The van der Waals surface area contributed by atoms with Crippen molar-refractivity contribution in [3.8, 4) is 0 Å². The van der Waals surface area contributed by atoms with Crippen molar-refractivity contribution in [3.05, 3.63) is 63.3 Å². The Morgan fingerprint density at radius 3 is 2.60 bits per heavy atom. The molecular weight excluding hydrogens is 356 g/mol. The number of aryl methyl sites for hydroxylation is 2. The van der Waals surface area contributed by atoms with Crippen molar-refractivity contribution in [2.45, 2.75) is 31.2 Å². The van der Waals surface area contributed by atoms with Crippen LogP contribution < -0.4 is 9.60 Å². The molecule has 0 bridgehead atoms. The molecule has 0 aliphatic heterocycles. The largest absolute Gasteiger partial charge is 0.307 e. The number of hydrogen-bond acceptors (Lipinski definition) is 4. The van der Waals surface area contributed by atoms with Crippen LogP contribution in [-0.4, -0.2) is 13.0 Å². The molecule has 3 aromatic rings. The summed E-state index contributed by atoms with van der Waals surface area (Å²) in [6.45, 7) is 3.92. The van der Waals surface area contributed by atoms with E-state index in [0.29, 0.717) is 11.1 Å². The van der Waals surface area contributed by atoms with Crippen LogP contribution >= 0.6 is 11.3 Å². The summed E-state index contributed by atoms with van der Waals surface area (Å²) in [7, 11) is -2.01. The third kappa shape index (κ3) is 3.40. The molecule has 0 radical (unpaired) electrons. The lowest BCUT2D eigenvalue weighted by Gasteiger charge is -2.19. The lowest BCUT2D eigenvalue weighted by atomic mass is 10.0. The first-order valence-corrected chi connectivity index (χ1v) is 10.3. The van der Waals surface area contributed by atoms with Crippen molar-refractivity contribution < 1.29 is 8.42 Å². The first-order valence-electron chi connectivity index (χ1n) is 8.01. The molecule has 0 fully saturated rings. The first kappa shape index (κ1) is 17.8. The van der Waals surface area contributed by atoms with Gasteiger partial charge in [0.05, 0.1) is 15.1 Å².